The van der Waals surface area contributed by atoms with Gasteiger partial charge in [0.25, 0.3) is 5.91 Å². The van der Waals surface area contributed by atoms with Gasteiger partial charge in [0.05, 0.1) is 11.6 Å². The molecule has 0 spiro atoms. The fourth-order valence-corrected chi connectivity index (χ4v) is 6.75. The lowest BCUT2D eigenvalue weighted by Gasteiger charge is -2.33. The van der Waals surface area contributed by atoms with E-state index in [0.717, 1.165) is 0 Å². The van der Waals surface area contributed by atoms with Gasteiger partial charge in [0, 0.05) is 45.0 Å². The number of rotatable bonds is 6. The molecule has 1 unspecified atom stereocenters. The number of imide groups is 1. The Hall–Kier alpha value is -3.78. The second kappa shape index (κ2) is 9.83. The number of aryl methyl sites for hydroxylation is 3. The minimum atomic E-state index is -3.78. The molecule has 0 saturated carbocycles. The van der Waals surface area contributed by atoms with Crippen LogP contribution in [0.4, 0.5) is 0 Å². The first-order chi connectivity index (χ1) is 18.1. The maximum absolute atomic E-state index is 13.0. The molecule has 2 aromatic heterocycles. The van der Waals surface area contributed by atoms with E-state index in [1.165, 1.54) is 4.31 Å². The first-order valence-electron chi connectivity index (χ1n) is 12.2. The number of benzene rings is 1. The van der Waals surface area contributed by atoms with Crippen LogP contribution in [0.5, 0.6) is 5.75 Å². The molecular formula is C24H28N6O7S. The summed E-state index contributed by atoms with van der Waals surface area (Å²) < 4.78 is 39.9. The number of hydrogen-bond donors (Lipinski definition) is 1. The number of fused-ring (bicyclic) bond motifs is 1. The molecule has 14 heteroatoms. The van der Waals surface area contributed by atoms with Gasteiger partial charge in [0.2, 0.25) is 21.8 Å². The van der Waals surface area contributed by atoms with Crippen molar-refractivity contribution in [2.75, 3.05) is 32.8 Å². The zero-order valence-electron chi connectivity index (χ0n) is 21.3. The van der Waals surface area contributed by atoms with E-state index in [0.29, 0.717) is 34.5 Å². The zero-order valence-corrected chi connectivity index (χ0v) is 22.1. The number of carbonyl (C=O) groups excluding carboxylic acids is 3. The molecule has 1 aromatic carbocycles. The number of sulfonamides is 1. The predicted octanol–water partition coefficient (Wildman–Crippen LogP) is 0.610. The molecule has 4 heterocycles. The van der Waals surface area contributed by atoms with Crippen LogP contribution >= 0.6 is 0 Å². The summed E-state index contributed by atoms with van der Waals surface area (Å²) >= 11 is 0. The largest absolute Gasteiger partial charge is 0.481 e. The van der Waals surface area contributed by atoms with Crippen molar-refractivity contribution in [1.29, 1.82) is 0 Å². The minimum Gasteiger partial charge on any atom is -0.481 e. The lowest BCUT2D eigenvalue weighted by molar-refractivity contribution is -0.135. The van der Waals surface area contributed by atoms with Crippen molar-refractivity contribution in [3.63, 3.8) is 0 Å². The Morgan fingerprint density at radius 2 is 1.92 bits per heavy atom. The van der Waals surface area contributed by atoms with Gasteiger partial charge < -0.3 is 14.2 Å². The van der Waals surface area contributed by atoms with E-state index >= 15 is 0 Å². The third kappa shape index (κ3) is 4.53. The highest BCUT2D eigenvalue weighted by Crippen LogP contribution is 2.34. The summed E-state index contributed by atoms with van der Waals surface area (Å²) in [7, 11) is -2.05. The molecule has 0 aliphatic carbocycles. The normalized spacial score (nSPS) is 19.1. The van der Waals surface area contributed by atoms with Crippen LogP contribution in [0.1, 0.15) is 35.9 Å². The van der Waals surface area contributed by atoms with E-state index in [-0.39, 0.29) is 67.6 Å². The number of nitrogens with one attached hydrogen (secondary N) is 1. The Kier molecular flexibility index (Phi) is 6.69. The van der Waals surface area contributed by atoms with Crippen molar-refractivity contribution >= 4 is 38.6 Å². The molecule has 2 aliphatic heterocycles. The van der Waals surface area contributed by atoms with Crippen molar-refractivity contribution < 1.29 is 32.1 Å². The molecule has 5 rings (SSSR count). The minimum absolute atomic E-state index is 0.0709. The number of piperidine rings is 1. The summed E-state index contributed by atoms with van der Waals surface area (Å²) in [5, 5.41) is 11.3. The maximum atomic E-state index is 13.0. The Labute approximate surface area is 218 Å². The molecule has 1 N–H and O–H groups in total. The van der Waals surface area contributed by atoms with Gasteiger partial charge in [0.15, 0.2) is 12.4 Å². The molecule has 2 fully saturated rings. The summed E-state index contributed by atoms with van der Waals surface area (Å²) in [5.74, 6) is -0.826. The Morgan fingerprint density at radius 1 is 1.18 bits per heavy atom. The molecule has 2 saturated heterocycles. The van der Waals surface area contributed by atoms with Crippen LogP contribution in [0.3, 0.4) is 0 Å². The molecule has 0 bridgehead atoms. The van der Waals surface area contributed by atoms with Crippen LogP contribution in [0.2, 0.25) is 0 Å². The summed E-state index contributed by atoms with van der Waals surface area (Å²) in [6, 6.07) is 5.31. The van der Waals surface area contributed by atoms with Gasteiger partial charge in [-0.1, -0.05) is 17.3 Å². The van der Waals surface area contributed by atoms with Crippen LogP contribution < -0.4 is 10.1 Å². The van der Waals surface area contributed by atoms with Crippen LogP contribution in [0.15, 0.2) is 27.6 Å². The first-order valence-corrected chi connectivity index (χ1v) is 13.6. The van der Waals surface area contributed by atoms with E-state index in [1.807, 2.05) is 6.07 Å². The monoisotopic (exact) mass is 544 g/mol. The lowest BCUT2D eigenvalue weighted by Crippen LogP contribution is -2.51. The SMILES string of the molecule is Cc1noc(C)c1S(=O)(=O)N1CCN(C(=O)COc2cccc3c(C4CCC(=O)NC4=O)nn(C)c23)CC1. The van der Waals surface area contributed by atoms with Crippen molar-refractivity contribution in [3.05, 3.63) is 35.3 Å². The van der Waals surface area contributed by atoms with E-state index in [4.69, 9.17) is 9.26 Å². The highest BCUT2D eigenvalue weighted by molar-refractivity contribution is 7.89. The average Bonchev–Trinajstić information content (AvgIpc) is 3.41. The van der Waals surface area contributed by atoms with Gasteiger partial charge >= 0.3 is 0 Å². The molecule has 202 valence electrons. The smallest absolute Gasteiger partial charge is 0.260 e. The molecular weight excluding hydrogens is 516 g/mol. The van der Waals surface area contributed by atoms with Crippen LogP contribution in [0.25, 0.3) is 10.9 Å². The number of carbonyl (C=O) groups is 3. The number of piperazine rings is 1. The third-order valence-corrected chi connectivity index (χ3v) is 9.08. The highest BCUT2D eigenvalue weighted by atomic mass is 32.2. The predicted molar refractivity (Wildman–Crippen MR) is 133 cm³/mol. The Balaban J connectivity index is 1.25. The van der Waals surface area contributed by atoms with Crippen molar-refractivity contribution in [3.8, 4) is 5.75 Å². The number of hydrogen-bond acceptors (Lipinski definition) is 9. The summed E-state index contributed by atoms with van der Waals surface area (Å²) in [6.45, 7) is 3.63. The van der Waals surface area contributed by atoms with Gasteiger partial charge in [-0.25, -0.2) is 8.42 Å². The van der Waals surface area contributed by atoms with E-state index in [1.54, 1.807) is 42.6 Å². The first kappa shape index (κ1) is 25.9. The molecule has 3 amide bonds. The van der Waals surface area contributed by atoms with E-state index in [9.17, 15) is 22.8 Å². The number of ether oxygens (including phenoxy) is 1. The topological polar surface area (TPSA) is 157 Å². The summed E-state index contributed by atoms with van der Waals surface area (Å²) in [4.78, 5) is 38.5. The van der Waals surface area contributed by atoms with Crippen LogP contribution in [0, 0.1) is 13.8 Å². The van der Waals surface area contributed by atoms with Gasteiger partial charge in [-0.2, -0.15) is 9.40 Å². The fourth-order valence-electron chi connectivity index (χ4n) is 5.04. The molecule has 13 nitrogen and oxygen atoms in total. The Bertz CT molecular complexity index is 1520. The molecule has 2 aliphatic rings. The average molecular weight is 545 g/mol. The summed E-state index contributed by atoms with van der Waals surface area (Å²) in [6.07, 6.45) is 0.615. The van der Waals surface area contributed by atoms with Crippen LogP contribution in [-0.4, -0.2) is 83.1 Å². The fraction of sp³-hybridized carbons (Fsp3) is 0.458. The zero-order chi connectivity index (χ0) is 27.2. The molecule has 1 atom stereocenters. The maximum Gasteiger partial charge on any atom is 0.260 e. The second-order valence-electron chi connectivity index (χ2n) is 9.39. The van der Waals surface area contributed by atoms with E-state index in [2.05, 4.69) is 15.6 Å². The third-order valence-electron chi connectivity index (χ3n) is 6.93. The number of nitrogens with zero attached hydrogens (tertiary/aromatic N) is 5. The second-order valence-corrected chi connectivity index (χ2v) is 11.3. The van der Waals surface area contributed by atoms with Gasteiger partial charge in [-0.15, -0.1) is 0 Å². The van der Waals surface area contributed by atoms with E-state index < -0.39 is 15.9 Å². The summed E-state index contributed by atoms with van der Waals surface area (Å²) in [5.41, 5.74) is 1.50. The standard InChI is InChI=1S/C24H28N6O7S/c1-14-23(15(2)37-27-14)38(34,35)30-11-9-29(10-12-30)20(32)13-36-18-6-4-5-16-21(26-28(3)22(16)18)17-7-8-19(31)25-24(17)33/h4-6,17H,7-13H2,1-3H3,(H,25,31,33). The Morgan fingerprint density at radius 3 is 2.58 bits per heavy atom. The van der Waals surface area contributed by atoms with Crippen molar-refractivity contribution in [2.45, 2.75) is 37.5 Å². The number of aromatic nitrogens is 3. The van der Waals surface area contributed by atoms with Gasteiger partial charge in [-0.05, 0) is 26.3 Å². The quantitative estimate of drug-likeness (QED) is 0.439. The molecule has 3 aromatic rings. The van der Waals surface area contributed by atoms with Crippen molar-refractivity contribution in [2.24, 2.45) is 7.05 Å². The van der Waals surface area contributed by atoms with Crippen molar-refractivity contribution in [1.82, 2.24) is 29.5 Å². The lowest BCUT2D eigenvalue weighted by atomic mass is 9.93. The van der Waals surface area contributed by atoms with Gasteiger partial charge in [0.1, 0.15) is 21.9 Å². The molecule has 0 radical (unpaired) electrons. The highest BCUT2D eigenvalue weighted by Gasteiger charge is 2.35. The number of para-hydroxylation sites is 1. The van der Waals surface area contributed by atoms with Gasteiger partial charge in [-0.3, -0.25) is 24.4 Å². The molecule has 38 heavy (non-hydrogen) atoms. The number of amides is 3. The van der Waals surface area contributed by atoms with Crippen LogP contribution in [-0.2, 0) is 31.5 Å².